The molecule has 0 saturated heterocycles. The van der Waals surface area contributed by atoms with E-state index >= 15 is 0 Å². The fourth-order valence-electron chi connectivity index (χ4n) is 2.77. The number of carbonyl (C=O) groups excluding carboxylic acids is 1. The molecule has 6 N–H and O–H groups in total. The first-order valence-corrected chi connectivity index (χ1v) is 21.4. The summed E-state index contributed by atoms with van der Waals surface area (Å²) in [5, 5.41) is 8.43. The Hall–Kier alpha value is -1.24. The number of hydrogen-bond acceptors (Lipinski definition) is 9. The van der Waals surface area contributed by atoms with Crippen molar-refractivity contribution in [2.75, 3.05) is 38.5 Å². The van der Waals surface area contributed by atoms with Gasteiger partial charge in [0, 0.05) is 0 Å². The fourth-order valence-corrected chi connectivity index (χ4v) is 3.83. The maximum absolute atomic E-state index is 8.64. The van der Waals surface area contributed by atoms with Gasteiger partial charge in [0.05, 0.1) is 54.0 Å². The quantitative estimate of drug-likeness (QED) is 0.0817. The zero-order valence-electron chi connectivity index (χ0n) is 31.0. The SMILES string of the molecule is C#C[Si](C)(C)C.C#Cc1cccc(N)c1OC.COc1c(N)cccc1Br.COc1c(N)cccc1C#C[Si](C)(C)C.O=CO[O-].[H-].[K+].[K+]. The van der Waals surface area contributed by atoms with E-state index in [1.165, 1.54) is 0 Å². The molecule has 0 fully saturated rings. The number of para-hydroxylation sites is 3. The first kappa shape index (κ1) is 53.5. The molecule has 14 heteroatoms. The molecule has 48 heavy (non-hydrogen) atoms. The minimum absolute atomic E-state index is 0. The summed E-state index contributed by atoms with van der Waals surface area (Å²) in [5.41, 5.74) is 26.4. The van der Waals surface area contributed by atoms with Crippen LogP contribution in [0.1, 0.15) is 12.6 Å². The zero-order chi connectivity index (χ0) is 35.9. The van der Waals surface area contributed by atoms with Crippen molar-refractivity contribution in [2.45, 2.75) is 39.3 Å². The van der Waals surface area contributed by atoms with Gasteiger partial charge < -0.3 is 43.0 Å². The fraction of sp³-hybridized carbons (Fsp3) is 0.265. The monoisotopic (exact) mass is 805 g/mol. The van der Waals surface area contributed by atoms with E-state index in [1.54, 1.807) is 45.6 Å². The molecule has 0 heterocycles. The smallest absolute Gasteiger partial charge is 1.00 e. The van der Waals surface area contributed by atoms with E-state index in [9.17, 15) is 0 Å². The summed E-state index contributed by atoms with van der Waals surface area (Å²) in [5.74, 6) is 7.59. The minimum atomic E-state index is -1.35. The van der Waals surface area contributed by atoms with Crippen LogP contribution in [0.15, 0.2) is 59.1 Å². The van der Waals surface area contributed by atoms with Gasteiger partial charge in [-0.05, 0) is 52.3 Å². The molecule has 0 bridgehead atoms. The summed E-state index contributed by atoms with van der Waals surface area (Å²) < 4.78 is 16.1. The van der Waals surface area contributed by atoms with Gasteiger partial charge in [-0.25, -0.2) is 0 Å². The first-order valence-electron chi connectivity index (χ1n) is 13.6. The Bertz CT molecular complexity index is 1510. The maximum atomic E-state index is 8.64. The predicted molar refractivity (Wildman–Crippen MR) is 199 cm³/mol. The van der Waals surface area contributed by atoms with Crippen LogP contribution in [0.2, 0.25) is 39.3 Å². The minimum Gasteiger partial charge on any atom is -1.00 e. The number of anilines is 3. The molecule has 0 spiro atoms. The van der Waals surface area contributed by atoms with Crippen molar-refractivity contribution in [1.82, 2.24) is 0 Å². The van der Waals surface area contributed by atoms with Crippen molar-refractivity contribution in [1.29, 1.82) is 0 Å². The van der Waals surface area contributed by atoms with Crippen molar-refractivity contribution in [3.63, 3.8) is 0 Å². The largest absolute Gasteiger partial charge is 1.00 e. The van der Waals surface area contributed by atoms with Crippen LogP contribution in [0.3, 0.4) is 0 Å². The summed E-state index contributed by atoms with van der Waals surface area (Å²) in [4.78, 5) is 11.2. The topological polar surface area (TPSA) is 155 Å². The molecule has 0 atom stereocenters. The zero-order valence-corrected chi connectivity index (χ0v) is 39.8. The summed E-state index contributed by atoms with van der Waals surface area (Å²) in [6, 6.07) is 16.5. The number of terminal acetylenes is 2. The van der Waals surface area contributed by atoms with Crippen molar-refractivity contribution in [3.05, 3.63) is 70.2 Å². The van der Waals surface area contributed by atoms with Crippen LogP contribution in [0, 0.1) is 35.8 Å². The number of carbonyl (C=O) groups is 1. The van der Waals surface area contributed by atoms with Crippen LogP contribution in [0.25, 0.3) is 0 Å². The molecule has 0 saturated carbocycles. The number of hydrogen-bond donors (Lipinski definition) is 3. The normalized spacial score (nSPS) is 8.94. The third-order valence-electron chi connectivity index (χ3n) is 4.90. The Labute approximate surface area is 384 Å². The van der Waals surface area contributed by atoms with Crippen LogP contribution in [-0.4, -0.2) is 43.9 Å². The van der Waals surface area contributed by atoms with Gasteiger partial charge in [0.25, 0.3) is 6.47 Å². The van der Waals surface area contributed by atoms with Crippen molar-refractivity contribution >= 4 is 55.6 Å². The number of ether oxygens (including phenoxy) is 3. The van der Waals surface area contributed by atoms with E-state index in [2.05, 4.69) is 83.0 Å². The summed E-state index contributed by atoms with van der Waals surface area (Å²) in [7, 11) is 2.30. The van der Waals surface area contributed by atoms with E-state index in [0.29, 0.717) is 39.9 Å². The molecule has 0 aliphatic heterocycles. The van der Waals surface area contributed by atoms with Crippen LogP contribution in [0.4, 0.5) is 17.1 Å². The number of benzene rings is 3. The molecule has 0 aromatic heterocycles. The summed E-state index contributed by atoms with van der Waals surface area (Å²) in [6.07, 6.45) is 10.3. The van der Waals surface area contributed by atoms with Gasteiger partial charge in [-0.3, -0.25) is 4.79 Å². The van der Waals surface area contributed by atoms with Crippen LogP contribution in [-0.2, 0) is 9.68 Å². The number of rotatable bonds is 4. The van der Waals surface area contributed by atoms with E-state index in [1.807, 2.05) is 30.3 Å². The Morgan fingerprint density at radius 3 is 1.35 bits per heavy atom. The predicted octanol–water partition coefficient (Wildman–Crippen LogP) is -0.143. The van der Waals surface area contributed by atoms with Gasteiger partial charge in [0.1, 0.15) is 16.1 Å². The van der Waals surface area contributed by atoms with E-state index in [-0.39, 0.29) is 111 Å². The van der Waals surface area contributed by atoms with Crippen LogP contribution >= 0.6 is 15.9 Å². The molecular weight excluding hydrogens is 761 g/mol. The molecule has 0 unspecified atom stereocenters. The van der Waals surface area contributed by atoms with Gasteiger partial charge in [0.15, 0.2) is 17.2 Å². The average molecular weight is 807 g/mol. The molecule has 3 rings (SSSR count). The maximum Gasteiger partial charge on any atom is 1.00 e. The standard InChI is InChI=1S/C12H17NOSi.C9H9NO.C7H8BrNO.C5H10Si.CH2O3.2K.H/c1-14-12-10(6-5-7-11(12)13)8-9-15(2,3)4;1-3-7-5-4-6-8(10)9(7)11-2;1-10-7-5(8)3-2-4-6(7)9;1-5-6(2,3)4;2-1-4-3;;;/h5-7H,13H2,1-4H3;1,4-6H,10H2,2H3;2-4H,9H2,1H3;1H,2-4H3;1,3H;;;/q;;;;;2*+1;-1/p-1. The Kier molecular flexibility index (Phi) is 32.9. The Balaban J connectivity index is -0.000000172. The molecule has 250 valence electrons. The number of halogens is 1. The van der Waals surface area contributed by atoms with E-state index < -0.39 is 16.1 Å². The van der Waals surface area contributed by atoms with Crippen molar-refractivity contribution in [2.24, 2.45) is 0 Å². The Morgan fingerprint density at radius 2 is 1.08 bits per heavy atom. The molecule has 0 aliphatic carbocycles. The summed E-state index contributed by atoms with van der Waals surface area (Å²) >= 11 is 3.30. The van der Waals surface area contributed by atoms with Crippen molar-refractivity contribution in [3.8, 4) is 53.0 Å². The third-order valence-corrected chi connectivity index (χ3v) is 7.27. The van der Waals surface area contributed by atoms with Gasteiger partial charge in [-0.1, -0.05) is 69.3 Å². The van der Waals surface area contributed by atoms with Gasteiger partial charge >= 0.3 is 103 Å². The van der Waals surface area contributed by atoms with Crippen LogP contribution < -0.4 is 139 Å². The van der Waals surface area contributed by atoms with Crippen LogP contribution in [0.5, 0.6) is 17.2 Å². The number of nitrogen functional groups attached to an aromatic ring is 3. The Morgan fingerprint density at radius 1 is 0.729 bits per heavy atom. The van der Waals surface area contributed by atoms with E-state index in [4.69, 9.17) is 54.3 Å². The number of nitrogens with two attached hydrogens (primary N) is 3. The molecule has 0 amide bonds. The van der Waals surface area contributed by atoms with Gasteiger partial charge in [-0.15, -0.1) is 23.9 Å². The second-order valence-electron chi connectivity index (χ2n) is 10.9. The third kappa shape index (κ3) is 24.8. The van der Waals surface area contributed by atoms with Gasteiger partial charge in [0.2, 0.25) is 0 Å². The molecule has 9 nitrogen and oxygen atoms in total. The first-order chi connectivity index (χ1) is 21.5. The molecule has 3 aromatic carbocycles. The number of methoxy groups -OCH3 is 3. The van der Waals surface area contributed by atoms with Crippen molar-refractivity contribution < 1.29 is 133 Å². The summed E-state index contributed by atoms with van der Waals surface area (Å²) in [6.45, 7) is 12.9. The van der Waals surface area contributed by atoms with Gasteiger partial charge in [-0.2, -0.15) is 0 Å². The average Bonchev–Trinajstić information content (AvgIpc) is 3.00. The molecular formula is C34H46BrK2N3O6Si2. The molecule has 3 aromatic rings. The molecule has 0 aliphatic rings. The molecule has 0 radical (unpaired) electrons. The van der Waals surface area contributed by atoms with E-state index in [0.717, 1.165) is 10.0 Å². The second kappa shape index (κ2) is 29.5. The second-order valence-corrected chi connectivity index (χ2v) is 21.3.